The molecule has 4 heterocycles. The summed E-state index contributed by atoms with van der Waals surface area (Å²) in [5, 5.41) is 5.63. The van der Waals surface area contributed by atoms with Crippen molar-refractivity contribution in [2.24, 2.45) is 0 Å². The molecule has 9 nitrogen and oxygen atoms in total. The van der Waals surface area contributed by atoms with Gasteiger partial charge in [0, 0.05) is 30.5 Å². The molecule has 2 unspecified atom stereocenters. The topological polar surface area (TPSA) is 85.6 Å². The number of morpholine rings is 1. The molecule has 3 atom stereocenters. The first kappa shape index (κ1) is 25.5. The molecule has 0 aliphatic carbocycles. The highest BCUT2D eigenvalue weighted by Gasteiger charge is 2.32. The molecule has 0 spiro atoms. The second-order valence-electron chi connectivity index (χ2n) is 10.0. The Bertz CT molecular complexity index is 1280. The van der Waals surface area contributed by atoms with Crippen molar-refractivity contribution in [1.82, 2.24) is 24.6 Å². The number of nitrogens with zero attached hydrogens (tertiary/aromatic N) is 6. The molecule has 0 saturated carbocycles. The third-order valence-corrected chi connectivity index (χ3v) is 7.33. The zero-order valence-electron chi connectivity index (χ0n) is 22.0. The van der Waals surface area contributed by atoms with Crippen LogP contribution in [0.4, 0.5) is 10.2 Å². The standard InChI is InChI=1S/C27H35FN6O3/c1-5-37-27(35)15-32-7-6-21(23(28)14-32)22-11-24-20(10-17(22)2)13-29-34(24)26-12-25(30-19(4)31-26)33-8-9-36-16-18(33)3/h10-13,18,21,23H,5-9,14-16H2,1-4H3/t18-,21?,23?/m1/s1. The zero-order valence-corrected chi connectivity index (χ0v) is 22.0. The predicted molar refractivity (Wildman–Crippen MR) is 139 cm³/mol. The molecular weight excluding hydrogens is 475 g/mol. The van der Waals surface area contributed by atoms with Crippen LogP contribution < -0.4 is 4.90 Å². The Balaban J connectivity index is 1.44. The van der Waals surface area contributed by atoms with Crippen LogP contribution in [0, 0.1) is 13.8 Å². The summed E-state index contributed by atoms with van der Waals surface area (Å²) in [4.78, 5) is 25.3. The number of carbonyl (C=O) groups is 1. The van der Waals surface area contributed by atoms with E-state index in [1.54, 1.807) is 6.92 Å². The Hall–Kier alpha value is -3.11. The van der Waals surface area contributed by atoms with Crippen molar-refractivity contribution in [3.8, 4) is 5.82 Å². The number of hydrogen-bond donors (Lipinski definition) is 0. The lowest BCUT2D eigenvalue weighted by Gasteiger charge is -2.35. The maximum Gasteiger partial charge on any atom is 0.320 e. The number of carbonyl (C=O) groups excluding carboxylic acids is 1. The van der Waals surface area contributed by atoms with Crippen molar-refractivity contribution >= 4 is 22.7 Å². The van der Waals surface area contributed by atoms with Crippen LogP contribution in [0.15, 0.2) is 24.4 Å². The molecule has 37 heavy (non-hydrogen) atoms. The van der Waals surface area contributed by atoms with Crippen molar-refractivity contribution in [3.05, 3.63) is 41.3 Å². The number of halogens is 1. The highest BCUT2D eigenvalue weighted by atomic mass is 19.1. The van der Waals surface area contributed by atoms with E-state index >= 15 is 4.39 Å². The molecule has 10 heteroatoms. The lowest BCUT2D eigenvalue weighted by molar-refractivity contribution is -0.145. The second kappa shape index (κ2) is 10.7. The number of piperidine rings is 1. The molecule has 2 aliphatic rings. The van der Waals surface area contributed by atoms with Crippen LogP contribution in [0.5, 0.6) is 0 Å². The van der Waals surface area contributed by atoms with Gasteiger partial charge in [-0.25, -0.2) is 19.0 Å². The summed E-state index contributed by atoms with van der Waals surface area (Å²) in [7, 11) is 0. The summed E-state index contributed by atoms with van der Waals surface area (Å²) in [5.74, 6) is 1.66. The van der Waals surface area contributed by atoms with Crippen LogP contribution in [-0.2, 0) is 14.3 Å². The Morgan fingerprint density at radius 3 is 2.76 bits per heavy atom. The Kier molecular flexibility index (Phi) is 7.39. The minimum absolute atomic E-state index is 0.128. The van der Waals surface area contributed by atoms with Crippen LogP contribution in [-0.4, -0.2) is 88.8 Å². The smallest absolute Gasteiger partial charge is 0.320 e. The van der Waals surface area contributed by atoms with Crippen LogP contribution in [0.1, 0.15) is 43.1 Å². The van der Waals surface area contributed by atoms with E-state index in [9.17, 15) is 4.79 Å². The number of esters is 1. The summed E-state index contributed by atoms with van der Waals surface area (Å²) in [5.41, 5.74) is 2.91. The van der Waals surface area contributed by atoms with E-state index in [1.807, 2.05) is 35.7 Å². The molecule has 5 rings (SSSR count). The summed E-state index contributed by atoms with van der Waals surface area (Å²) in [6.45, 7) is 11.2. The number of likely N-dealkylation sites (tertiary alicyclic amines) is 1. The lowest BCUT2D eigenvalue weighted by Crippen LogP contribution is -2.44. The zero-order chi connectivity index (χ0) is 26.1. The monoisotopic (exact) mass is 510 g/mol. The maximum absolute atomic E-state index is 15.4. The first-order chi connectivity index (χ1) is 17.8. The molecule has 3 aromatic rings. The molecule has 198 valence electrons. The van der Waals surface area contributed by atoms with E-state index in [2.05, 4.69) is 39.0 Å². The number of anilines is 1. The van der Waals surface area contributed by atoms with Gasteiger partial charge in [-0.1, -0.05) is 0 Å². The van der Waals surface area contributed by atoms with E-state index < -0.39 is 6.17 Å². The number of benzene rings is 1. The quantitative estimate of drug-likeness (QED) is 0.467. The Morgan fingerprint density at radius 1 is 1.19 bits per heavy atom. The van der Waals surface area contributed by atoms with Gasteiger partial charge in [0.05, 0.1) is 44.1 Å². The van der Waals surface area contributed by atoms with Crippen molar-refractivity contribution in [2.75, 3.05) is 50.9 Å². The molecule has 0 N–H and O–H groups in total. The largest absolute Gasteiger partial charge is 0.465 e. The van der Waals surface area contributed by atoms with Gasteiger partial charge in [0.15, 0.2) is 5.82 Å². The van der Waals surface area contributed by atoms with Gasteiger partial charge in [0.1, 0.15) is 17.8 Å². The van der Waals surface area contributed by atoms with Gasteiger partial charge in [0.25, 0.3) is 0 Å². The summed E-state index contributed by atoms with van der Waals surface area (Å²) in [6.07, 6.45) is 1.38. The van der Waals surface area contributed by atoms with Gasteiger partial charge in [-0.05, 0) is 63.9 Å². The van der Waals surface area contributed by atoms with Crippen LogP contribution in [0.2, 0.25) is 0 Å². The third-order valence-electron chi connectivity index (χ3n) is 7.33. The molecule has 1 aromatic carbocycles. The number of fused-ring (bicyclic) bond motifs is 1. The fourth-order valence-corrected chi connectivity index (χ4v) is 5.50. The number of rotatable bonds is 6. The molecule has 0 amide bonds. The summed E-state index contributed by atoms with van der Waals surface area (Å²) in [6, 6.07) is 6.32. The maximum atomic E-state index is 15.4. The van der Waals surface area contributed by atoms with Crippen LogP contribution in [0.25, 0.3) is 16.7 Å². The van der Waals surface area contributed by atoms with E-state index in [-0.39, 0.29) is 31.0 Å². The first-order valence-electron chi connectivity index (χ1n) is 13.0. The SMILES string of the molecule is CCOC(=O)CN1CCC(c2cc3c(cnn3-c3cc(N4CCOC[C@H]4C)nc(C)n3)cc2C)C(F)C1. The fraction of sp³-hybridized carbons (Fsp3) is 0.556. The number of hydrogen-bond acceptors (Lipinski definition) is 8. The van der Waals surface area contributed by atoms with Gasteiger partial charge in [-0.3, -0.25) is 9.69 Å². The number of aromatic nitrogens is 4. The summed E-state index contributed by atoms with van der Waals surface area (Å²) >= 11 is 0. The predicted octanol–water partition coefficient (Wildman–Crippen LogP) is 3.35. The van der Waals surface area contributed by atoms with Gasteiger partial charge < -0.3 is 14.4 Å². The van der Waals surface area contributed by atoms with Gasteiger partial charge >= 0.3 is 5.97 Å². The van der Waals surface area contributed by atoms with E-state index in [0.29, 0.717) is 44.4 Å². The minimum atomic E-state index is -1.08. The molecule has 2 aromatic heterocycles. The Morgan fingerprint density at radius 2 is 2.00 bits per heavy atom. The van der Waals surface area contributed by atoms with Gasteiger partial charge in [-0.2, -0.15) is 5.10 Å². The average Bonchev–Trinajstić information content (AvgIpc) is 3.26. The molecule has 2 aliphatic heterocycles. The summed E-state index contributed by atoms with van der Waals surface area (Å²) < 4.78 is 27.9. The third kappa shape index (κ3) is 5.31. The van der Waals surface area contributed by atoms with Crippen LogP contribution >= 0.6 is 0 Å². The van der Waals surface area contributed by atoms with Crippen molar-refractivity contribution in [1.29, 1.82) is 0 Å². The minimum Gasteiger partial charge on any atom is -0.465 e. The molecule has 0 radical (unpaired) electrons. The first-order valence-corrected chi connectivity index (χ1v) is 13.0. The van der Waals surface area contributed by atoms with Crippen molar-refractivity contribution < 1.29 is 18.7 Å². The van der Waals surface area contributed by atoms with Crippen LogP contribution in [0.3, 0.4) is 0 Å². The lowest BCUT2D eigenvalue weighted by atomic mass is 9.85. The van der Waals surface area contributed by atoms with Gasteiger partial charge in [-0.15, -0.1) is 0 Å². The highest BCUT2D eigenvalue weighted by molar-refractivity contribution is 5.82. The molecule has 2 saturated heterocycles. The Labute approximate surface area is 216 Å². The molecular formula is C27H35FN6O3. The number of ether oxygens (including phenoxy) is 2. The fourth-order valence-electron chi connectivity index (χ4n) is 5.50. The molecule has 2 fully saturated rings. The normalized spacial score (nSPS) is 22.9. The van der Waals surface area contributed by atoms with Crippen molar-refractivity contribution in [3.63, 3.8) is 0 Å². The number of aryl methyl sites for hydroxylation is 2. The van der Waals surface area contributed by atoms with E-state index in [0.717, 1.165) is 34.4 Å². The van der Waals surface area contributed by atoms with E-state index in [1.165, 1.54) is 0 Å². The van der Waals surface area contributed by atoms with Crippen molar-refractivity contribution in [2.45, 2.75) is 52.2 Å². The number of alkyl halides is 1. The van der Waals surface area contributed by atoms with E-state index in [4.69, 9.17) is 9.47 Å². The van der Waals surface area contributed by atoms with Gasteiger partial charge in [0.2, 0.25) is 0 Å². The molecule has 0 bridgehead atoms. The second-order valence-corrected chi connectivity index (χ2v) is 10.0. The average molecular weight is 511 g/mol. The highest BCUT2D eigenvalue weighted by Crippen LogP contribution is 2.35.